The number of nitrogens with zero attached hydrogens (tertiary/aromatic N) is 2. The van der Waals surface area contributed by atoms with Crippen molar-refractivity contribution in [2.75, 3.05) is 28.6 Å². The molecule has 1 saturated heterocycles. The number of hydrogen-bond donors (Lipinski definition) is 2. The van der Waals surface area contributed by atoms with Gasteiger partial charge in [-0.2, -0.15) is 0 Å². The molecule has 3 heterocycles. The Bertz CT molecular complexity index is 899. The number of rotatable bonds is 5. The summed E-state index contributed by atoms with van der Waals surface area (Å²) in [6.45, 7) is 4.60. The first-order chi connectivity index (χ1) is 13.7. The van der Waals surface area contributed by atoms with Crippen LogP contribution in [0.1, 0.15) is 29.4 Å². The molecule has 0 unspecified atom stereocenters. The van der Waals surface area contributed by atoms with E-state index in [2.05, 4.69) is 51.7 Å². The van der Waals surface area contributed by atoms with Gasteiger partial charge in [0, 0.05) is 24.5 Å². The van der Waals surface area contributed by atoms with Gasteiger partial charge < -0.3 is 15.5 Å². The first kappa shape index (κ1) is 18.5. The molecule has 1 aliphatic heterocycles. The van der Waals surface area contributed by atoms with Gasteiger partial charge in [0.15, 0.2) is 0 Å². The highest BCUT2D eigenvalue weighted by atomic mass is 32.1. The van der Waals surface area contributed by atoms with Crippen LogP contribution in [0.5, 0.6) is 0 Å². The van der Waals surface area contributed by atoms with Crippen LogP contribution in [0.25, 0.3) is 0 Å². The quantitative estimate of drug-likeness (QED) is 0.612. The van der Waals surface area contributed by atoms with Gasteiger partial charge in [0.2, 0.25) is 0 Å². The van der Waals surface area contributed by atoms with Crippen LogP contribution in [0.4, 0.5) is 22.9 Å². The fourth-order valence-electron chi connectivity index (χ4n) is 3.32. The SMILES string of the molecule is CC1CCN(c2ccc(Nc3ccc(NC(=O)c4cccs4)nc3)cc2)CC1. The molecule has 144 valence electrons. The molecule has 0 spiro atoms. The summed E-state index contributed by atoms with van der Waals surface area (Å²) >= 11 is 1.41. The molecule has 1 amide bonds. The maximum Gasteiger partial charge on any atom is 0.266 e. The predicted octanol–water partition coefficient (Wildman–Crippen LogP) is 5.38. The minimum Gasteiger partial charge on any atom is -0.372 e. The molecular weight excluding hydrogens is 368 g/mol. The lowest BCUT2D eigenvalue weighted by atomic mass is 9.99. The molecule has 0 atom stereocenters. The van der Waals surface area contributed by atoms with Crippen LogP contribution in [0.3, 0.4) is 0 Å². The monoisotopic (exact) mass is 392 g/mol. The third kappa shape index (κ3) is 4.51. The van der Waals surface area contributed by atoms with Crippen LogP contribution in [0, 0.1) is 5.92 Å². The molecule has 2 aromatic heterocycles. The Labute approximate surface area is 169 Å². The summed E-state index contributed by atoms with van der Waals surface area (Å²) in [7, 11) is 0. The summed E-state index contributed by atoms with van der Waals surface area (Å²) in [5.41, 5.74) is 3.18. The number of carbonyl (C=O) groups excluding carboxylic acids is 1. The van der Waals surface area contributed by atoms with Crippen molar-refractivity contribution in [2.24, 2.45) is 5.92 Å². The number of benzene rings is 1. The van der Waals surface area contributed by atoms with Gasteiger partial charge in [-0.1, -0.05) is 13.0 Å². The number of amides is 1. The minimum atomic E-state index is -0.133. The van der Waals surface area contributed by atoms with Gasteiger partial charge in [-0.3, -0.25) is 4.79 Å². The van der Waals surface area contributed by atoms with Gasteiger partial charge >= 0.3 is 0 Å². The third-order valence-electron chi connectivity index (χ3n) is 5.05. The van der Waals surface area contributed by atoms with E-state index in [1.54, 1.807) is 18.3 Å². The molecular formula is C22H24N4OS. The number of nitrogens with one attached hydrogen (secondary N) is 2. The van der Waals surface area contributed by atoms with Gasteiger partial charge in [-0.15, -0.1) is 11.3 Å². The summed E-state index contributed by atoms with van der Waals surface area (Å²) in [6.07, 6.45) is 4.26. The largest absolute Gasteiger partial charge is 0.372 e. The zero-order chi connectivity index (χ0) is 19.3. The van der Waals surface area contributed by atoms with Crippen molar-refractivity contribution in [1.29, 1.82) is 0 Å². The molecule has 1 fully saturated rings. The molecule has 0 aliphatic carbocycles. The molecule has 28 heavy (non-hydrogen) atoms. The number of pyridine rings is 1. The van der Waals surface area contributed by atoms with Crippen molar-refractivity contribution in [1.82, 2.24) is 4.98 Å². The third-order valence-corrected chi connectivity index (χ3v) is 5.92. The topological polar surface area (TPSA) is 57.3 Å². The Morgan fingerprint density at radius 3 is 2.46 bits per heavy atom. The zero-order valence-electron chi connectivity index (χ0n) is 15.9. The molecule has 6 heteroatoms. The molecule has 1 aliphatic rings. The summed E-state index contributed by atoms with van der Waals surface area (Å²) < 4.78 is 0. The molecule has 0 saturated carbocycles. The van der Waals surface area contributed by atoms with E-state index in [1.807, 2.05) is 17.5 Å². The molecule has 2 N–H and O–H groups in total. The molecule has 5 nitrogen and oxygen atoms in total. The predicted molar refractivity (Wildman–Crippen MR) is 117 cm³/mol. The number of thiophene rings is 1. The smallest absolute Gasteiger partial charge is 0.266 e. The van der Waals surface area contributed by atoms with Crippen molar-refractivity contribution in [2.45, 2.75) is 19.8 Å². The summed E-state index contributed by atoms with van der Waals surface area (Å²) in [5, 5.41) is 8.05. The second-order valence-electron chi connectivity index (χ2n) is 7.20. The number of piperidine rings is 1. The van der Waals surface area contributed by atoms with Crippen molar-refractivity contribution >= 4 is 40.1 Å². The van der Waals surface area contributed by atoms with Crippen molar-refractivity contribution in [3.05, 3.63) is 65.0 Å². The van der Waals surface area contributed by atoms with Crippen LogP contribution in [0.15, 0.2) is 60.1 Å². The van der Waals surface area contributed by atoms with E-state index in [1.165, 1.54) is 29.9 Å². The lowest BCUT2D eigenvalue weighted by Gasteiger charge is -2.32. The number of carbonyl (C=O) groups is 1. The van der Waals surface area contributed by atoms with Gasteiger partial charge in [0.05, 0.1) is 16.8 Å². The minimum absolute atomic E-state index is 0.133. The van der Waals surface area contributed by atoms with Gasteiger partial charge in [-0.05, 0) is 66.6 Å². The van der Waals surface area contributed by atoms with E-state index >= 15 is 0 Å². The van der Waals surface area contributed by atoms with Gasteiger partial charge in [0.1, 0.15) is 5.82 Å². The summed E-state index contributed by atoms with van der Waals surface area (Å²) in [6, 6.07) is 15.9. The van der Waals surface area contributed by atoms with Crippen LogP contribution >= 0.6 is 11.3 Å². The molecule has 1 aromatic carbocycles. The Kier molecular flexibility index (Phi) is 5.58. The average molecular weight is 393 g/mol. The fraction of sp³-hybridized carbons (Fsp3) is 0.273. The van der Waals surface area contributed by atoms with Crippen LogP contribution in [0.2, 0.25) is 0 Å². The second-order valence-corrected chi connectivity index (χ2v) is 8.15. The first-order valence-corrected chi connectivity index (χ1v) is 10.5. The van der Waals surface area contributed by atoms with Crippen molar-refractivity contribution in [3.8, 4) is 0 Å². The lowest BCUT2D eigenvalue weighted by Crippen LogP contribution is -2.32. The normalized spacial score (nSPS) is 14.7. The summed E-state index contributed by atoms with van der Waals surface area (Å²) in [4.78, 5) is 19.5. The highest BCUT2D eigenvalue weighted by Gasteiger charge is 2.15. The highest BCUT2D eigenvalue weighted by Crippen LogP contribution is 2.25. The van der Waals surface area contributed by atoms with Crippen LogP contribution < -0.4 is 15.5 Å². The number of anilines is 4. The molecule has 3 aromatic rings. The maximum absolute atomic E-state index is 12.1. The van der Waals surface area contributed by atoms with Crippen molar-refractivity contribution < 1.29 is 4.79 Å². The summed E-state index contributed by atoms with van der Waals surface area (Å²) in [5.74, 6) is 1.24. The van der Waals surface area contributed by atoms with Crippen LogP contribution in [-0.2, 0) is 0 Å². The Morgan fingerprint density at radius 1 is 1.07 bits per heavy atom. The molecule has 4 rings (SSSR count). The second kappa shape index (κ2) is 8.44. The van der Waals surface area contributed by atoms with E-state index in [-0.39, 0.29) is 5.91 Å². The fourth-order valence-corrected chi connectivity index (χ4v) is 3.94. The zero-order valence-corrected chi connectivity index (χ0v) is 16.7. The van der Waals surface area contributed by atoms with E-state index in [0.29, 0.717) is 10.7 Å². The van der Waals surface area contributed by atoms with E-state index in [4.69, 9.17) is 0 Å². The lowest BCUT2D eigenvalue weighted by molar-refractivity contribution is 0.103. The van der Waals surface area contributed by atoms with E-state index in [0.717, 1.165) is 30.4 Å². The Morgan fingerprint density at radius 2 is 1.82 bits per heavy atom. The van der Waals surface area contributed by atoms with Gasteiger partial charge in [0.25, 0.3) is 5.91 Å². The standard InChI is InChI=1S/C22H24N4OS/c1-16-10-12-26(13-11-16)19-7-4-17(5-8-19)24-18-6-9-21(23-15-18)25-22(27)20-3-2-14-28-20/h2-9,14-16,24H,10-13H2,1H3,(H,23,25,27). The van der Waals surface area contributed by atoms with E-state index < -0.39 is 0 Å². The number of aromatic nitrogens is 1. The Hall–Kier alpha value is -2.86. The highest BCUT2D eigenvalue weighted by molar-refractivity contribution is 7.12. The molecule has 0 radical (unpaired) electrons. The number of hydrogen-bond acceptors (Lipinski definition) is 5. The molecule has 0 bridgehead atoms. The van der Waals surface area contributed by atoms with Crippen molar-refractivity contribution in [3.63, 3.8) is 0 Å². The maximum atomic E-state index is 12.1. The van der Waals surface area contributed by atoms with E-state index in [9.17, 15) is 4.79 Å². The van der Waals surface area contributed by atoms with Crippen LogP contribution in [-0.4, -0.2) is 24.0 Å². The Balaban J connectivity index is 1.34. The average Bonchev–Trinajstić information content (AvgIpc) is 3.26. The first-order valence-electron chi connectivity index (χ1n) is 9.60. The van der Waals surface area contributed by atoms with Gasteiger partial charge in [-0.25, -0.2) is 4.98 Å².